The molecule has 0 saturated carbocycles. The first-order chi connectivity index (χ1) is 18.1. The molecule has 198 valence electrons. The molecular formula is C30H37NO2S4. The highest BCUT2D eigenvalue weighted by Crippen LogP contribution is 2.13. The van der Waals surface area contributed by atoms with Gasteiger partial charge in [0.15, 0.2) is 0 Å². The molecule has 2 aromatic carbocycles. The van der Waals surface area contributed by atoms with Crippen LogP contribution in [0.4, 0.5) is 0 Å². The summed E-state index contributed by atoms with van der Waals surface area (Å²) in [6.45, 7) is 7.66. The zero-order valence-corrected chi connectivity index (χ0v) is 25.1. The molecule has 0 bridgehead atoms. The van der Waals surface area contributed by atoms with Gasteiger partial charge in [-0.2, -0.15) is 47.0 Å². The summed E-state index contributed by atoms with van der Waals surface area (Å²) in [5.41, 5.74) is 3.26. The van der Waals surface area contributed by atoms with E-state index in [0.29, 0.717) is 0 Å². The van der Waals surface area contributed by atoms with Crippen molar-refractivity contribution in [2.75, 3.05) is 59.1 Å². The van der Waals surface area contributed by atoms with E-state index in [0.717, 1.165) is 30.8 Å². The average molecular weight is 572 g/mol. The minimum Gasteiger partial charge on any atom is -0.478 e. The van der Waals surface area contributed by atoms with Gasteiger partial charge in [0.1, 0.15) is 0 Å². The molecule has 2 aromatic rings. The Morgan fingerprint density at radius 2 is 1.16 bits per heavy atom. The molecule has 0 saturated heterocycles. The highest BCUT2D eigenvalue weighted by Gasteiger charge is 2.07. The number of carboxylic acids is 1. The molecule has 0 spiro atoms. The van der Waals surface area contributed by atoms with Crippen LogP contribution in [0.2, 0.25) is 0 Å². The van der Waals surface area contributed by atoms with Gasteiger partial charge >= 0.3 is 5.97 Å². The molecule has 2 rings (SSSR count). The van der Waals surface area contributed by atoms with Crippen LogP contribution in [0.15, 0.2) is 48.5 Å². The molecule has 0 aliphatic heterocycles. The Bertz CT molecular complexity index is 1020. The predicted octanol–water partition coefficient (Wildman–Crippen LogP) is 6.56. The van der Waals surface area contributed by atoms with Crippen LogP contribution in [0.25, 0.3) is 0 Å². The first-order valence-electron chi connectivity index (χ1n) is 12.6. The van der Waals surface area contributed by atoms with Crippen LogP contribution in [0.1, 0.15) is 40.9 Å². The van der Waals surface area contributed by atoms with Gasteiger partial charge in [-0.3, -0.25) is 4.90 Å². The van der Waals surface area contributed by atoms with E-state index in [9.17, 15) is 4.79 Å². The van der Waals surface area contributed by atoms with E-state index in [2.05, 4.69) is 90.2 Å². The lowest BCUT2D eigenvalue weighted by Gasteiger charge is -2.22. The SMILES string of the molecule is CCSCCSCCN(CCSCCSCC)Cc1ccc(C#CC#Cc2ccc(C(=O)O)cc2)cc1. The summed E-state index contributed by atoms with van der Waals surface area (Å²) in [6.07, 6.45) is 0. The molecule has 1 N–H and O–H groups in total. The van der Waals surface area contributed by atoms with E-state index in [-0.39, 0.29) is 5.56 Å². The number of rotatable bonds is 17. The molecule has 0 heterocycles. The maximum Gasteiger partial charge on any atom is 0.335 e. The Morgan fingerprint density at radius 3 is 1.62 bits per heavy atom. The molecule has 0 aliphatic rings. The molecule has 0 amide bonds. The minimum absolute atomic E-state index is 0.255. The Kier molecular flexibility index (Phi) is 17.4. The quantitative estimate of drug-likeness (QED) is 0.170. The van der Waals surface area contributed by atoms with Crippen LogP contribution >= 0.6 is 47.0 Å². The van der Waals surface area contributed by atoms with Crippen LogP contribution in [0.3, 0.4) is 0 Å². The summed E-state index contributed by atoms with van der Waals surface area (Å²) in [5.74, 6) is 20.6. The van der Waals surface area contributed by atoms with Crippen molar-refractivity contribution in [2.45, 2.75) is 20.4 Å². The van der Waals surface area contributed by atoms with Gasteiger partial charge in [-0.1, -0.05) is 37.8 Å². The van der Waals surface area contributed by atoms with Gasteiger partial charge in [0.05, 0.1) is 5.56 Å². The largest absolute Gasteiger partial charge is 0.478 e. The summed E-state index contributed by atoms with van der Waals surface area (Å²) < 4.78 is 0. The van der Waals surface area contributed by atoms with Crippen molar-refractivity contribution < 1.29 is 9.90 Å². The van der Waals surface area contributed by atoms with Crippen molar-refractivity contribution in [3.05, 3.63) is 70.8 Å². The normalized spacial score (nSPS) is 10.5. The van der Waals surface area contributed by atoms with Crippen molar-refractivity contribution in [1.82, 2.24) is 4.90 Å². The summed E-state index contributed by atoms with van der Waals surface area (Å²) in [6, 6.07) is 15.0. The molecule has 0 unspecified atom stereocenters. The average Bonchev–Trinajstić information content (AvgIpc) is 2.91. The van der Waals surface area contributed by atoms with Crippen molar-refractivity contribution >= 4 is 53.0 Å². The second kappa shape index (κ2) is 20.4. The Balaban J connectivity index is 1.87. The standard InChI is InChI=1S/C30H37NO2S4/c1-3-34-21-23-36-19-17-31(18-20-37-24-22-35-4-2)25-28-11-9-26(10-12-28)7-5-6-8-27-13-15-29(16-14-27)30(32)33/h9-16H,3-4,17-25H2,1-2H3,(H,32,33). The van der Waals surface area contributed by atoms with Crippen molar-refractivity contribution in [1.29, 1.82) is 0 Å². The van der Waals surface area contributed by atoms with Crippen LogP contribution in [-0.2, 0) is 6.54 Å². The topological polar surface area (TPSA) is 40.5 Å². The number of carboxylic acid groups (broad SMARTS) is 1. The third-order valence-electron chi connectivity index (χ3n) is 5.22. The maximum atomic E-state index is 10.9. The number of hydrogen-bond donors (Lipinski definition) is 1. The number of nitrogens with zero attached hydrogens (tertiary/aromatic N) is 1. The Morgan fingerprint density at radius 1 is 0.703 bits per heavy atom. The summed E-state index contributed by atoms with van der Waals surface area (Å²) in [4.78, 5) is 13.5. The number of hydrogen-bond acceptors (Lipinski definition) is 6. The molecule has 0 aromatic heterocycles. The molecule has 0 fully saturated rings. The third kappa shape index (κ3) is 14.8. The molecular weight excluding hydrogens is 535 g/mol. The monoisotopic (exact) mass is 571 g/mol. The molecule has 3 nitrogen and oxygen atoms in total. The zero-order valence-electron chi connectivity index (χ0n) is 21.8. The molecule has 0 aliphatic carbocycles. The van der Waals surface area contributed by atoms with Crippen molar-refractivity contribution in [2.24, 2.45) is 0 Å². The second-order valence-corrected chi connectivity index (χ2v) is 13.2. The lowest BCUT2D eigenvalue weighted by molar-refractivity contribution is 0.0697. The first-order valence-corrected chi connectivity index (χ1v) is 17.2. The summed E-state index contributed by atoms with van der Waals surface area (Å²) in [5, 5.41) is 8.97. The number of thioether (sulfide) groups is 4. The third-order valence-corrected chi connectivity index (χ3v) is 9.47. The fourth-order valence-corrected chi connectivity index (χ4v) is 6.89. The van der Waals surface area contributed by atoms with E-state index < -0.39 is 5.97 Å². The molecule has 0 radical (unpaired) electrons. The van der Waals surface area contributed by atoms with Crippen LogP contribution in [0.5, 0.6) is 0 Å². The number of aromatic carboxylic acids is 1. The second-order valence-electron chi connectivity index (χ2n) is 7.97. The first kappa shape index (κ1) is 31.6. The van der Waals surface area contributed by atoms with E-state index in [4.69, 9.17) is 5.11 Å². The van der Waals surface area contributed by atoms with Gasteiger partial charge in [0, 0.05) is 65.3 Å². The van der Waals surface area contributed by atoms with E-state index >= 15 is 0 Å². The fourth-order valence-electron chi connectivity index (χ4n) is 3.24. The number of carbonyl (C=O) groups is 1. The van der Waals surface area contributed by atoms with Gasteiger partial charge in [-0.05, 0) is 65.3 Å². The minimum atomic E-state index is -0.938. The Labute approximate surface area is 240 Å². The van der Waals surface area contributed by atoms with E-state index in [1.165, 1.54) is 51.6 Å². The molecule has 7 heteroatoms. The van der Waals surface area contributed by atoms with E-state index in [1.54, 1.807) is 24.3 Å². The molecule has 37 heavy (non-hydrogen) atoms. The lowest BCUT2D eigenvalue weighted by Crippen LogP contribution is -2.28. The molecule has 0 atom stereocenters. The summed E-state index contributed by atoms with van der Waals surface area (Å²) in [7, 11) is 0. The van der Waals surface area contributed by atoms with Gasteiger partial charge in [0.25, 0.3) is 0 Å². The van der Waals surface area contributed by atoms with E-state index in [1.807, 2.05) is 23.5 Å². The van der Waals surface area contributed by atoms with Crippen LogP contribution in [-0.4, -0.2) is 75.1 Å². The zero-order chi connectivity index (χ0) is 26.6. The predicted molar refractivity (Wildman–Crippen MR) is 170 cm³/mol. The highest BCUT2D eigenvalue weighted by molar-refractivity contribution is 8.03. The smallest absolute Gasteiger partial charge is 0.335 e. The fraction of sp³-hybridized carbons (Fsp3) is 0.433. The van der Waals surface area contributed by atoms with Crippen molar-refractivity contribution in [3.63, 3.8) is 0 Å². The lowest BCUT2D eigenvalue weighted by atomic mass is 10.1. The van der Waals surface area contributed by atoms with Crippen molar-refractivity contribution in [3.8, 4) is 23.7 Å². The van der Waals surface area contributed by atoms with Gasteiger partial charge < -0.3 is 5.11 Å². The summed E-state index contributed by atoms with van der Waals surface area (Å²) >= 11 is 8.18. The van der Waals surface area contributed by atoms with Gasteiger partial charge in [0.2, 0.25) is 0 Å². The van der Waals surface area contributed by atoms with Crippen LogP contribution < -0.4 is 0 Å². The number of benzene rings is 2. The highest BCUT2D eigenvalue weighted by atomic mass is 32.2. The van der Waals surface area contributed by atoms with Gasteiger partial charge in [-0.25, -0.2) is 4.79 Å². The van der Waals surface area contributed by atoms with Gasteiger partial charge in [-0.15, -0.1) is 0 Å². The maximum absolute atomic E-state index is 10.9. The Hall–Kier alpha value is -1.61. The van der Waals surface area contributed by atoms with Crippen LogP contribution in [0, 0.1) is 23.7 Å².